The van der Waals surface area contributed by atoms with Gasteiger partial charge >= 0.3 is 0 Å². The zero-order valence-corrected chi connectivity index (χ0v) is 19.0. The number of hydrogen-bond donors (Lipinski definition) is 1. The number of aryl methyl sites for hydroxylation is 1. The molecule has 0 aliphatic heterocycles. The van der Waals surface area contributed by atoms with Gasteiger partial charge in [0.1, 0.15) is 0 Å². The van der Waals surface area contributed by atoms with Crippen LogP contribution >= 0.6 is 11.8 Å². The van der Waals surface area contributed by atoms with E-state index < -0.39 is 0 Å². The van der Waals surface area contributed by atoms with Crippen LogP contribution in [-0.4, -0.2) is 37.4 Å². The second-order valence-corrected chi connectivity index (χ2v) is 8.62. The van der Waals surface area contributed by atoms with Crippen molar-refractivity contribution in [1.82, 2.24) is 24.5 Å². The number of carbonyl (C=O) groups is 1. The SMILES string of the molecule is CCCCCn1c(=O)c2ccccc2n2c(SCC(=O)NCCc3ccccc3)nnc12. The van der Waals surface area contributed by atoms with Crippen molar-refractivity contribution in [1.29, 1.82) is 0 Å². The van der Waals surface area contributed by atoms with Crippen molar-refractivity contribution in [2.75, 3.05) is 12.3 Å². The molecule has 0 fully saturated rings. The van der Waals surface area contributed by atoms with Gasteiger partial charge in [0.2, 0.25) is 11.7 Å². The van der Waals surface area contributed by atoms with E-state index in [1.807, 2.05) is 59.0 Å². The lowest BCUT2D eigenvalue weighted by molar-refractivity contribution is -0.118. The molecule has 0 atom stereocenters. The number of rotatable bonds is 10. The summed E-state index contributed by atoms with van der Waals surface area (Å²) in [7, 11) is 0. The van der Waals surface area contributed by atoms with Gasteiger partial charge in [-0.2, -0.15) is 0 Å². The maximum absolute atomic E-state index is 13.1. The summed E-state index contributed by atoms with van der Waals surface area (Å²) in [4.78, 5) is 25.4. The summed E-state index contributed by atoms with van der Waals surface area (Å²) in [6, 6.07) is 17.6. The van der Waals surface area contributed by atoms with Crippen molar-refractivity contribution in [3.8, 4) is 0 Å². The lowest BCUT2D eigenvalue weighted by Crippen LogP contribution is -2.27. The molecule has 0 aliphatic carbocycles. The molecular weight excluding hydrogens is 422 g/mol. The first-order chi connectivity index (χ1) is 15.7. The molecule has 0 aliphatic rings. The van der Waals surface area contributed by atoms with E-state index in [4.69, 9.17) is 0 Å². The molecule has 0 bridgehead atoms. The van der Waals surface area contributed by atoms with Crippen molar-refractivity contribution < 1.29 is 4.79 Å². The minimum atomic E-state index is -0.0525. The molecule has 0 unspecified atom stereocenters. The Labute approximate surface area is 190 Å². The van der Waals surface area contributed by atoms with Crippen LogP contribution < -0.4 is 10.9 Å². The Morgan fingerprint density at radius 3 is 2.62 bits per heavy atom. The molecule has 7 nitrogen and oxygen atoms in total. The Hall–Kier alpha value is -3.13. The maximum atomic E-state index is 13.1. The summed E-state index contributed by atoms with van der Waals surface area (Å²) in [6.07, 6.45) is 3.82. The largest absolute Gasteiger partial charge is 0.355 e. The number of unbranched alkanes of at least 4 members (excludes halogenated alkanes) is 2. The van der Waals surface area contributed by atoms with Gasteiger partial charge in [0.05, 0.1) is 16.7 Å². The summed E-state index contributed by atoms with van der Waals surface area (Å²) >= 11 is 1.33. The normalized spacial score (nSPS) is 11.3. The predicted molar refractivity (Wildman–Crippen MR) is 128 cm³/mol. The fourth-order valence-electron chi connectivity index (χ4n) is 3.72. The number of nitrogens with one attached hydrogen (secondary N) is 1. The third-order valence-electron chi connectivity index (χ3n) is 5.37. The maximum Gasteiger partial charge on any atom is 0.262 e. The Kier molecular flexibility index (Phi) is 7.21. The van der Waals surface area contributed by atoms with Crippen molar-refractivity contribution in [2.24, 2.45) is 0 Å². The fourth-order valence-corrected chi connectivity index (χ4v) is 4.49. The zero-order valence-electron chi connectivity index (χ0n) is 18.2. The number of amides is 1. The van der Waals surface area contributed by atoms with Crippen molar-refractivity contribution in [2.45, 2.75) is 44.3 Å². The van der Waals surface area contributed by atoms with Gasteiger partial charge in [-0.15, -0.1) is 10.2 Å². The highest BCUT2D eigenvalue weighted by Crippen LogP contribution is 2.21. The highest BCUT2D eigenvalue weighted by molar-refractivity contribution is 7.99. The van der Waals surface area contributed by atoms with Gasteiger partial charge in [0, 0.05) is 13.1 Å². The van der Waals surface area contributed by atoms with E-state index in [2.05, 4.69) is 22.4 Å². The summed E-state index contributed by atoms with van der Waals surface area (Å²) < 4.78 is 3.60. The first-order valence-corrected chi connectivity index (χ1v) is 12.0. The van der Waals surface area contributed by atoms with Gasteiger partial charge in [0.15, 0.2) is 5.16 Å². The van der Waals surface area contributed by atoms with E-state index >= 15 is 0 Å². The van der Waals surface area contributed by atoms with E-state index in [9.17, 15) is 9.59 Å². The van der Waals surface area contributed by atoms with Crippen LogP contribution in [0, 0.1) is 0 Å². The second-order valence-electron chi connectivity index (χ2n) is 7.67. The third-order valence-corrected chi connectivity index (χ3v) is 6.30. The number of benzene rings is 2. The zero-order chi connectivity index (χ0) is 22.3. The van der Waals surface area contributed by atoms with Crippen LogP contribution in [-0.2, 0) is 17.8 Å². The summed E-state index contributed by atoms with van der Waals surface area (Å²) in [5.41, 5.74) is 1.90. The van der Waals surface area contributed by atoms with Crippen LogP contribution in [0.2, 0.25) is 0 Å². The molecule has 1 N–H and O–H groups in total. The lowest BCUT2D eigenvalue weighted by atomic mass is 10.1. The summed E-state index contributed by atoms with van der Waals surface area (Å²) in [5.74, 6) is 0.707. The molecule has 2 heterocycles. The molecule has 166 valence electrons. The molecule has 0 saturated carbocycles. The average molecular weight is 450 g/mol. The average Bonchev–Trinajstić information content (AvgIpc) is 3.24. The minimum Gasteiger partial charge on any atom is -0.355 e. The first-order valence-electron chi connectivity index (χ1n) is 11.0. The van der Waals surface area contributed by atoms with Gasteiger partial charge in [-0.05, 0) is 30.5 Å². The molecule has 0 saturated heterocycles. The van der Waals surface area contributed by atoms with E-state index in [0.29, 0.717) is 29.4 Å². The van der Waals surface area contributed by atoms with Gasteiger partial charge in [0.25, 0.3) is 5.56 Å². The molecular formula is C24H27N5O2S. The van der Waals surface area contributed by atoms with Crippen LogP contribution in [0.1, 0.15) is 31.7 Å². The predicted octanol–water partition coefficient (Wildman–Crippen LogP) is 3.69. The quantitative estimate of drug-likeness (QED) is 0.295. The van der Waals surface area contributed by atoms with Crippen molar-refractivity contribution in [3.05, 3.63) is 70.5 Å². The van der Waals surface area contributed by atoms with Gasteiger partial charge < -0.3 is 5.32 Å². The van der Waals surface area contributed by atoms with Crippen LogP contribution in [0.4, 0.5) is 0 Å². The number of nitrogens with zero attached hydrogens (tertiary/aromatic N) is 4. The number of carbonyl (C=O) groups excluding carboxylic acids is 1. The molecule has 1 amide bonds. The smallest absolute Gasteiger partial charge is 0.262 e. The first kappa shape index (κ1) is 22.1. The van der Waals surface area contributed by atoms with Gasteiger partial charge in [-0.1, -0.05) is 74.0 Å². The van der Waals surface area contributed by atoms with Crippen LogP contribution in [0.3, 0.4) is 0 Å². The molecule has 0 spiro atoms. The Balaban J connectivity index is 1.51. The summed E-state index contributed by atoms with van der Waals surface area (Å²) in [6.45, 7) is 3.32. The molecule has 4 rings (SSSR count). The van der Waals surface area contributed by atoms with E-state index in [1.165, 1.54) is 17.3 Å². The van der Waals surface area contributed by atoms with Crippen molar-refractivity contribution >= 4 is 34.3 Å². The van der Waals surface area contributed by atoms with Gasteiger partial charge in [-0.3, -0.25) is 18.6 Å². The third kappa shape index (κ3) is 4.85. The van der Waals surface area contributed by atoms with Gasteiger partial charge in [-0.25, -0.2) is 0 Å². The van der Waals surface area contributed by atoms with Crippen molar-refractivity contribution in [3.63, 3.8) is 0 Å². The van der Waals surface area contributed by atoms with E-state index in [1.54, 1.807) is 4.57 Å². The van der Waals surface area contributed by atoms with E-state index in [0.717, 1.165) is 31.2 Å². The number of fused-ring (bicyclic) bond motifs is 3. The molecule has 2 aromatic heterocycles. The lowest BCUT2D eigenvalue weighted by Gasteiger charge is -2.11. The monoisotopic (exact) mass is 449 g/mol. The second kappa shape index (κ2) is 10.5. The highest BCUT2D eigenvalue weighted by Gasteiger charge is 2.17. The minimum absolute atomic E-state index is 0.0493. The van der Waals surface area contributed by atoms with Crippen LogP contribution in [0.25, 0.3) is 16.7 Å². The Morgan fingerprint density at radius 2 is 1.81 bits per heavy atom. The molecule has 0 radical (unpaired) electrons. The topological polar surface area (TPSA) is 81.3 Å². The number of hydrogen-bond acceptors (Lipinski definition) is 5. The highest BCUT2D eigenvalue weighted by atomic mass is 32.2. The molecule has 4 aromatic rings. The molecule has 2 aromatic carbocycles. The van der Waals surface area contributed by atoms with Crippen LogP contribution in [0.5, 0.6) is 0 Å². The standard InChI is InChI=1S/C24H27N5O2S/c1-2-3-9-16-28-22(31)19-12-7-8-13-20(19)29-23(28)26-27-24(29)32-17-21(30)25-15-14-18-10-5-4-6-11-18/h4-8,10-13H,2-3,9,14-17H2,1H3,(H,25,30). The van der Waals surface area contributed by atoms with Crippen LogP contribution in [0.15, 0.2) is 64.5 Å². The Bertz CT molecular complexity index is 1270. The fraction of sp³-hybridized carbons (Fsp3) is 0.333. The summed E-state index contributed by atoms with van der Waals surface area (Å²) in [5, 5.41) is 12.8. The number of aromatic nitrogens is 4. The molecule has 8 heteroatoms. The Morgan fingerprint density at radius 1 is 1.03 bits per heavy atom. The van der Waals surface area contributed by atoms with E-state index in [-0.39, 0.29) is 17.2 Å². The number of thioether (sulfide) groups is 1. The molecule has 32 heavy (non-hydrogen) atoms. The number of para-hydroxylation sites is 1.